The molecule has 3 aliphatic rings. The summed E-state index contributed by atoms with van der Waals surface area (Å²) in [6.45, 7) is 1.87. The second-order valence-electron chi connectivity index (χ2n) is 15.4. The number of aromatic nitrogens is 4. The van der Waals surface area contributed by atoms with Crippen molar-refractivity contribution < 1.29 is 38.1 Å². The fourth-order valence-electron chi connectivity index (χ4n) is 7.55. The number of carbonyl (C=O) groups is 4. The molecule has 1 atom stereocenters. The molecule has 6 N–H and O–H groups in total. The summed E-state index contributed by atoms with van der Waals surface area (Å²) in [7, 11) is 4.37. The van der Waals surface area contributed by atoms with Crippen molar-refractivity contribution in [3.63, 3.8) is 0 Å². The smallest absolute Gasteiger partial charge is 0.407 e. The minimum Gasteiger partial charge on any atom is -0.471 e. The van der Waals surface area contributed by atoms with E-state index in [-0.39, 0.29) is 17.7 Å². The van der Waals surface area contributed by atoms with Gasteiger partial charge in [-0.3, -0.25) is 14.4 Å². The van der Waals surface area contributed by atoms with E-state index in [2.05, 4.69) is 45.9 Å². The topological polar surface area (TPSA) is 211 Å². The molecule has 0 radical (unpaired) electrons. The Balaban J connectivity index is 0.000000701. The molecule has 61 heavy (non-hydrogen) atoms. The van der Waals surface area contributed by atoms with Gasteiger partial charge in [-0.05, 0) is 87.9 Å². The predicted octanol–water partition coefficient (Wildman–Crippen LogP) is 7.12. The van der Waals surface area contributed by atoms with Crippen LogP contribution >= 0.6 is 0 Å². The minimum absolute atomic E-state index is 0.00178. The van der Waals surface area contributed by atoms with Crippen LogP contribution in [0.5, 0.6) is 23.0 Å². The first-order chi connectivity index (χ1) is 29.8. The van der Waals surface area contributed by atoms with Gasteiger partial charge in [-0.2, -0.15) is 0 Å². The first-order valence-electron chi connectivity index (χ1n) is 21.5. The van der Waals surface area contributed by atoms with E-state index < -0.39 is 12.1 Å². The minimum atomic E-state index is -0.577. The van der Waals surface area contributed by atoms with E-state index in [4.69, 9.17) is 19.0 Å². The average molecular weight is 843 g/mol. The second-order valence-corrected chi connectivity index (χ2v) is 15.4. The summed E-state index contributed by atoms with van der Waals surface area (Å²) in [5.74, 6) is 4.24. The summed E-state index contributed by atoms with van der Waals surface area (Å²) < 4.78 is 21.1. The van der Waals surface area contributed by atoms with E-state index in [0.717, 1.165) is 98.4 Å². The number of aromatic amines is 2. The number of H-pyrrole nitrogens is 2. The van der Waals surface area contributed by atoms with Crippen LogP contribution < -0.4 is 30.7 Å². The molecule has 330 valence electrons. The monoisotopic (exact) mass is 842 g/mol. The van der Waals surface area contributed by atoms with E-state index in [1.807, 2.05) is 48.8 Å². The van der Waals surface area contributed by atoms with Crippen molar-refractivity contribution in [2.24, 2.45) is 5.92 Å². The van der Waals surface area contributed by atoms with Crippen LogP contribution in [0.15, 0.2) is 48.8 Å². The van der Waals surface area contributed by atoms with Crippen LogP contribution in [-0.2, 0) is 36.7 Å². The van der Waals surface area contributed by atoms with Crippen molar-refractivity contribution in [1.82, 2.24) is 41.2 Å². The molecular formula is C45H62N8O8. The summed E-state index contributed by atoms with van der Waals surface area (Å²) in [6.07, 6.45) is 19.5. The number of likely N-dealkylation sites (N-methyl/N-ethyl adjacent to an activating group) is 1. The third-order valence-corrected chi connectivity index (χ3v) is 10.8. The van der Waals surface area contributed by atoms with Crippen molar-refractivity contribution in [3.8, 4) is 45.5 Å². The highest BCUT2D eigenvalue weighted by Crippen LogP contribution is 2.47. The van der Waals surface area contributed by atoms with Gasteiger partial charge in [0, 0.05) is 37.1 Å². The van der Waals surface area contributed by atoms with Gasteiger partial charge in [0.25, 0.3) is 6.47 Å². The lowest BCUT2D eigenvalue weighted by molar-refractivity contribution is -0.126. The van der Waals surface area contributed by atoms with Gasteiger partial charge < -0.3 is 50.2 Å². The van der Waals surface area contributed by atoms with Crippen LogP contribution in [0.1, 0.15) is 95.1 Å². The molecule has 2 fully saturated rings. The average Bonchev–Trinajstić information content (AvgIpc) is 4.14. The number of hydrogen-bond donors (Lipinski definition) is 6. The zero-order chi connectivity index (χ0) is 43.2. The number of carbonyl (C=O) groups excluding carboxylic acids is 4. The highest BCUT2D eigenvalue weighted by atomic mass is 16.6. The number of fused-ring (bicyclic) bond motifs is 2. The van der Waals surface area contributed by atoms with E-state index in [0.29, 0.717) is 49.1 Å². The Morgan fingerprint density at radius 1 is 0.754 bits per heavy atom. The number of methoxy groups -OCH3 is 2. The number of nitrogens with one attached hydrogen (secondary N) is 6. The van der Waals surface area contributed by atoms with Gasteiger partial charge >= 0.3 is 6.09 Å². The number of aryl methyl sites for hydroxylation is 2. The van der Waals surface area contributed by atoms with Gasteiger partial charge in [-0.25, -0.2) is 14.8 Å². The molecule has 3 heterocycles. The van der Waals surface area contributed by atoms with Crippen LogP contribution in [0, 0.1) is 5.92 Å². The molecule has 0 unspecified atom stereocenters. The lowest BCUT2D eigenvalue weighted by Crippen LogP contribution is -2.50. The van der Waals surface area contributed by atoms with Gasteiger partial charge in [0.1, 0.15) is 17.7 Å². The van der Waals surface area contributed by atoms with Crippen molar-refractivity contribution in [2.75, 3.05) is 40.9 Å². The standard InChI is InChI=1S/C38H48N8O6.C5H10.C2H4O2/c1-39-23-35(47)40-17-7-5-11-33-42-21-27(44-33)25-13-15-29-31(19-25)51-30-16-14-26(20-32(30)52-29)28-22-43-34(45-28)12-6-8-18-41-37(48)36(46-38(49)50-2)24-9-3-4-10-24;1-2-4-5-3-1;1-4-2-3/h13-16,19-22,24,36,39H,3-12,17-18,23H2,1-2H3,(H,40,47)(H,41,48)(H,42,44)(H,43,45)(H,46,49);1-5H2;2H,1H3/t36-;;/m0../s1. The maximum Gasteiger partial charge on any atom is 0.407 e. The molecule has 16 nitrogen and oxygen atoms in total. The molecule has 2 aromatic heterocycles. The van der Waals surface area contributed by atoms with Gasteiger partial charge in [-0.1, -0.05) is 44.9 Å². The van der Waals surface area contributed by atoms with Gasteiger partial charge in [0.15, 0.2) is 23.0 Å². The number of nitrogens with zero attached hydrogens (tertiary/aromatic N) is 2. The molecule has 4 aromatic rings. The molecule has 2 saturated carbocycles. The Morgan fingerprint density at radius 3 is 1.74 bits per heavy atom. The quantitative estimate of drug-likeness (QED) is 0.0387. The number of amides is 3. The first-order valence-corrected chi connectivity index (χ1v) is 21.5. The third kappa shape index (κ3) is 14.7. The number of alkyl carbamates (subject to hydrolysis) is 1. The summed E-state index contributed by atoms with van der Waals surface area (Å²) >= 11 is 0. The zero-order valence-electron chi connectivity index (χ0n) is 35.7. The van der Waals surface area contributed by atoms with Crippen LogP contribution in [0.2, 0.25) is 0 Å². The Kier molecular flexibility index (Phi) is 18.9. The Morgan fingerprint density at radius 2 is 1.26 bits per heavy atom. The molecule has 0 bridgehead atoms. The molecule has 1 aliphatic heterocycles. The number of unbranched alkanes of at least 4 members (excludes halogenated alkanes) is 2. The van der Waals surface area contributed by atoms with Gasteiger partial charge in [-0.15, -0.1) is 0 Å². The fraction of sp³-hybridized carbons (Fsp3) is 0.511. The summed E-state index contributed by atoms with van der Waals surface area (Å²) in [5, 5.41) is 11.4. The molecular weight excluding hydrogens is 781 g/mol. The highest BCUT2D eigenvalue weighted by Gasteiger charge is 2.32. The van der Waals surface area contributed by atoms with Crippen LogP contribution in [0.4, 0.5) is 4.79 Å². The molecule has 0 spiro atoms. The van der Waals surface area contributed by atoms with E-state index >= 15 is 0 Å². The van der Waals surface area contributed by atoms with Crippen molar-refractivity contribution in [1.29, 1.82) is 0 Å². The van der Waals surface area contributed by atoms with Crippen LogP contribution in [0.25, 0.3) is 22.5 Å². The lowest BCUT2D eigenvalue weighted by Gasteiger charge is -2.23. The lowest BCUT2D eigenvalue weighted by atomic mass is 9.97. The van der Waals surface area contributed by atoms with Crippen LogP contribution in [-0.4, -0.2) is 91.3 Å². The Bertz CT molecular complexity index is 1980. The molecule has 0 saturated heterocycles. The van der Waals surface area contributed by atoms with Crippen LogP contribution in [0.3, 0.4) is 0 Å². The number of hydrogen-bond acceptors (Lipinski definition) is 11. The molecule has 16 heteroatoms. The molecule has 2 aromatic carbocycles. The Hall–Kier alpha value is -5.90. The molecule has 2 aliphatic carbocycles. The molecule has 3 amide bonds. The maximum atomic E-state index is 12.9. The largest absolute Gasteiger partial charge is 0.471 e. The van der Waals surface area contributed by atoms with Gasteiger partial charge in [0.05, 0.1) is 44.5 Å². The number of rotatable bonds is 18. The van der Waals surface area contributed by atoms with E-state index in [1.165, 1.54) is 46.3 Å². The predicted molar refractivity (Wildman–Crippen MR) is 231 cm³/mol. The maximum absolute atomic E-state index is 12.9. The number of imidazole rings is 2. The van der Waals surface area contributed by atoms with E-state index in [1.54, 1.807) is 7.05 Å². The highest BCUT2D eigenvalue weighted by molar-refractivity contribution is 5.86. The fourth-order valence-corrected chi connectivity index (χ4v) is 7.55. The third-order valence-electron chi connectivity index (χ3n) is 10.8. The Labute approximate surface area is 358 Å². The van der Waals surface area contributed by atoms with Crippen molar-refractivity contribution >= 4 is 24.4 Å². The normalized spacial score (nSPS) is 14.3. The summed E-state index contributed by atoms with van der Waals surface area (Å²) in [4.78, 5) is 61.1. The van der Waals surface area contributed by atoms with Crippen molar-refractivity contribution in [2.45, 2.75) is 102 Å². The van der Waals surface area contributed by atoms with Crippen molar-refractivity contribution in [3.05, 3.63) is 60.4 Å². The first kappa shape index (κ1) is 46.2. The van der Waals surface area contributed by atoms with E-state index in [9.17, 15) is 14.4 Å². The number of benzene rings is 2. The van der Waals surface area contributed by atoms with Gasteiger partial charge in [0.2, 0.25) is 11.8 Å². The SMILES string of the molecule is C1CCCC1.CNCC(=O)NCCCCc1ncc(-c2ccc3c(c2)Oc2ccc(-c4cnc(CCCCNC(=O)[C@@H](NC(=O)OC)C5CCCC5)[nH]4)cc2O3)[nH]1.COC=O. The second kappa shape index (κ2) is 25.0. The molecule has 7 rings (SSSR count). The number of ether oxygens (including phenoxy) is 4. The zero-order valence-corrected chi connectivity index (χ0v) is 35.7. The summed E-state index contributed by atoms with van der Waals surface area (Å²) in [5.41, 5.74) is 3.63. The summed E-state index contributed by atoms with van der Waals surface area (Å²) in [6, 6.07) is 11.1.